The molecular weight excluding hydrogens is 268 g/mol. The Hall–Kier alpha value is -1.80. The van der Waals surface area contributed by atoms with Gasteiger partial charge >= 0.3 is 0 Å². The van der Waals surface area contributed by atoms with Crippen molar-refractivity contribution in [3.63, 3.8) is 0 Å². The molecule has 106 valence electrons. The van der Waals surface area contributed by atoms with Crippen molar-refractivity contribution in [2.75, 3.05) is 24.1 Å². The molecule has 0 saturated carbocycles. The van der Waals surface area contributed by atoms with Gasteiger partial charge in [-0.3, -0.25) is 4.79 Å². The van der Waals surface area contributed by atoms with Crippen molar-refractivity contribution in [1.82, 2.24) is 5.32 Å². The van der Waals surface area contributed by atoms with Crippen LogP contribution in [0.4, 0.5) is 11.4 Å². The van der Waals surface area contributed by atoms with E-state index in [0.29, 0.717) is 12.2 Å². The van der Waals surface area contributed by atoms with Crippen LogP contribution in [0.15, 0.2) is 23.1 Å². The van der Waals surface area contributed by atoms with Crippen molar-refractivity contribution in [2.24, 2.45) is 5.14 Å². The lowest BCUT2D eigenvalue weighted by molar-refractivity contribution is -0.119. The molecule has 0 aromatic heterocycles. The second kappa shape index (κ2) is 6.39. The standard InChI is InChI=1S/C11H18N4O3S/c1-2-6-14-10(16)7-15-8-4-3-5-9(11(8)12)19(13,17)18/h3-5,15H,2,6-7,12H2,1H3,(H,14,16)(H2,13,17,18). The van der Waals surface area contributed by atoms with Gasteiger partial charge in [0.15, 0.2) is 0 Å². The maximum Gasteiger partial charge on any atom is 0.240 e. The van der Waals surface area contributed by atoms with Crippen molar-refractivity contribution in [2.45, 2.75) is 18.2 Å². The lowest BCUT2D eigenvalue weighted by Crippen LogP contribution is -2.30. The Kier molecular flexibility index (Phi) is 5.13. The molecule has 19 heavy (non-hydrogen) atoms. The third-order valence-corrected chi connectivity index (χ3v) is 3.35. The molecule has 0 heterocycles. The molecule has 0 bridgehead atoms. The number of carbonyl (C=O) groups is 1. The predicted molar refractivity (Wildman–Crippen MR) is 74.0 cm³/mol. The monoisotopic (exact) mass is 286 g/mol. The molecule has 8 heteroatoms. The first-order chi connectivity index (χ1) is 8.86. The quantitative estimate of drug-likeness (QED) is 0.541. The summed E-state index contributed by atoms with van der Waals surface area (Å²) in [5, 5.41) is 10.5. The molecular formula is C11H18N4O3S. The molecule has 1 aromatic rings. The van der Waals surface area contributed by atoms with E-state index in [4.69, 9.17) is 10.9 Å². The molecule has 0 aliphatic heterocycles. The summed E-state index contributed by atoms with van der Waals surface area (Å²) in [6, 6.07) is 4.40. The van der Waals surface area contributed by atoms with Gasteiger partial charge in [-0.25, -0.2) is 13.6 Å². The van der Waals surface area contributed by atoms with Gasteiger partial charge in [-0.1, -0.05) is 13.0 Å². The van der Waals surface area contributed by atoms with E-state index >= 15 is 0 Å². The Morgan fingerprint density at radius 2 is 2.05 bits per heavy atom. The molecule has 7 nitrogen and oxygen atoms in total. The van der Waals surface area contributed by atoms with E-state index in [2.05, 4.69) is 10.6 Å². The van der Waals surface area contributed by atoms with Crippen molar-refractivity contribution in [3.8, 4) is 0 Å². The number of nitrogens with two attached hydrogens (primary N) is 2. The zero-order chi connectivity index (χ0) is 14.5. The number of hydrogen-bond donors (Lipinski definition) is 4. The Bertz CT molecular complexity index is 557. The Morgan fingerprint density at radius 3 is 2.63 bits per heavy atom. The van der Waals surface area contributed by atoms with Gasteiger partial charge in [0.05, 0.1) is 17.9 Å². The van der Waals surface area contributed by atoms with E-state index in [1.807, 2.05) is 6.92 Å². The van der Waals surface area contributed by atoms with E-state index in [1.165, 1.54) is 12.1 Å². The van der Waals surface area contributed by atoms with Gasteiger partial charge in [-0.2, -0.15) is 0 Å². The van der Waals surface area contributed by atoms with Gasteiger partial charge in [-0.05, 0) is 18.6 Å². The fraction of sp³-hybridized carbons (Fsp3) is 0.364. The molecule has 1 rings (SSSR count). The summed E-state index contributed by atoms with van der Waals surface area (Å²) in [4.78, 5) is 11.3. The fourth-order valence-electron chi connectivity index (χ4n) is 1.45. The molecule has 0 atom stereocenters. The molecule has 0 spiro atoms. The normalized spacial score (nSPS) is 11.1. The van der Waals surface area contributed by atoms with Crippen LogP contribution in [0.3, 0.4) is 0 Å². The molecule has 1 aromatic carbocycles. The highest BCUT2D eigenvalue weighted by atomic mass is 32.2. The number of para-hydroxylation sites is 1. The van der Waals surface area contributed by atoms with Crippen molar-refractivity contribution in [3.05, 3.63) is 18.2 Å². The average molecular weight is 286 g/mol. The van der Waals surface area contributed by atoms with Gasteiger partial charge in [0, 0.05) is 6.54 Å². The van der Waals surface area contributed by atoms with E-state index in [0.717, 1.165) is 6.42 Å². The first kappa shape index (κ1) is 15.3. The van der Waals surface area contributed by atoms with Crippen molar-refractivity contribution in [1.29, 1.82) is 0 Å². The van der Waals surface area contributed by atoms with Crippen LogP contribution in [-0.2, 0) is 14.8 Å². The smallest absolute Gasteiger partial charge is 0.240 e. The number of nitrogen functional groups attached to an aromatic ring is 1. The van der Waals surface area contributed by atoms with E-state index in [1.54, 1.807) is 6.07 Å². The number of carbonyl (C=O) groups excluding carboxylic acids is 1. The molecule has 0 aliphatic carbocycles. The number of sulfonamides is 1. The Morgan fingerprint density at radius 1 is 1.37 bits per heavy atom. The number of hydrogen-bond acceptors (Lipinski definition) is 5. The maximum absolute atomic E-state index is 11.4. The highest BCUT2D eigenvalue weighted by molar-refractivity contribution is 7.89. The Labute approximate surface area is 112 Å². The van der Waals surface area contributed by atoms with Gasteiger partial charge in [0.1, 0.15) is 4.90 Å². The van der Waals surface area contributed by atoms with Gasteiger partial charge in [0.25, 0.3) is 0 Å². The fourth-order valence-corrected chi connectivity index (χ4v) is 2.13. The summed E-state index contributed by atoms with van der Waals surface area (Å²) in [6.07, 6.45) is 0.842. The Balaban J connectivity index is 2.78. The van der Waals surface area contributed by atoms with Crippen LogP contribution >= 0.6 is 0 Å². The molecule has 6 N–H and O–H groups in total. The maximum atomic E-state index is 11.4. The zero-order valence-electron chi connectivity index (χ0n) is 10.6. The number of benzene rings is 1. The number of primary sulfonamides is 1. The van der Waals surface area contributed by atoms with Crippen LogP contribution in [0.5, 0.6) is 0 Å². The summed E-state index contributed by atoms with van der Waals surface area (Å²) in [5.74, 6) is -0.192. The van der Waals surface area contributed by atoms with Gasteiger partial charge < -0.3 is 16.4 Å². The lowest BCUT2D eigenvalue weighted by atomic mass is 10.2. The molecule has 0 fully saturated rings. The minimum absolute atomic E-state index is 0.00768. The highest BCUT2D eigenvalue weighted by Crippen LogP contribution is 2.25. The van der Waals surface area contributed by atoms with E-state index in [-0.39, 0.29) is 23.0 Å². The van der Waals surface area contributed by atoms with Crippen LogP contribution in [0.25, 0.3) is 0 Å². The molecule has 0 unspecified atom stereocenters. The van der Waals surface area contributed by atoms with E-state index < -0.39 is 10.0 Å². The number of rotatable bonds is 6. The average Bonchev–Trinajstić information content (AvgIpc) is 2.33. The number of nitrogens with one attached hydrogen (secondary N) is 2. The number of anilines is 2. The third-order valence-electron chi connectivity index (χ3n) is 2.38. The van der Waals surface area contributed by atoms with Crippen molar-refractivity contribution < 1.29 is 13.2 Å². The lowest BCUT2D eigenvalue weighted by Gasteiger charge is -2.11. The van der Waals surface area contributed by atoms with Crippen LogP contribution in [-0.4, -0.2) is 27.4 Å². The minimum atomic E-state index is -3.87. The SMILES string of the molecule is CCCNC(=O)CNc1cccc(S(N)(=O)=O)c1N. The zero-order valence-corrected chi connectivity index (χ0v) is 11.5. The van der Waals surface area contributed by atoms with Crippen LogP contribution < -0.4 is 21.5 Å². The first-order valence-corrected chi connectivity index (χ1v) is 7.32. The highest BCUT2D eigenvalue weighted by Gasteiger charge is 2.14. The molecule has 0 radical (unpaired) electrons. The summed E-state index contributed by atoms with van der Waals surface area (Å²) in [6.45, 7) is 2.55. The second-order valence-electron chi connectivity index (χ2n) is 3.97. The minimum Gasteiger partial charge on any atom is -0.396 e. The van der Waals surface area contributed by atoms with Crippen molar-refractivity contribution >= 4 is 27.3 Å². The van der Waals surface area contributed by atoms with Crippen LogP contribution in [0.2, 0.25) is 0 Å². The third kappa shape index (κ3) is 4.42. The number of amides is 1. The van der Waals surface area contributed by atoms with Crippen LogP contribution in [0.1, 0.15) is 13.3 Å². The summed E-state index contributed by atoms with van der Waals surface area (Å²) >= 11 is 0. The predicted octanol–water partition coefficient (Wildman–Crippen LogP) is -0.146. The molecule has 0 aliphatic rings. The largest absolute Gasteiger partial charge is 0.396 e. The van der Waals surface area contributed by atoms with E-state index in [9.17, 15) is 13.2 Å². The second-order valence-corrected chi connectivity index (χ2v) is 5.50. The molecule has 0 saturated heterocycles. The topological polar surface area (TPSA) is 127 Å². The summed E-state index contributed by atoms with van der Waals surface area (Å²) in [7, 11) is -3.87. The molecule has 1 amide bonds. The van der Waals surface area contributed by atoms with Crippen LogP contribution in [0, 0.1) is 0 Å². The first-order valence-electron chi connectivity index (χ1n) is 5.78. The summed E-state index contributed by atoms with van der Waals surface area (Å²) < 4.78 is 22.6. The van der Waals surface area contributed by atoms with Gasteiger partial charge in [-0.15, -0.1) is 0 Å². The van der Waals surface area contributed by atoms with Gasteiger partial charge in [0.2, 0.25) is 15.9 Å². The summed E-state index contributed by atoms with van der Waals surface area (Å²) in [5.41, 5.74) is 6.07.